The number of rotatable bonds is 5. The summed E-state index contributed by atoms with van der Waals surface area (Å²) in [6.07, 6.45) is 1.18. The van der Waals surface area contributed by atoms with Gasteiger partial charge in [0.2, 0.25) is 11.8 Å². The van der Waals surface area contributed by atoms with E-state index in [2.05, 4.69) is 31.4 Å². The van der Waals surface area contributed by atoms with E-state index in [0.717, 1.165) is 11.1 Å². The van der Waals surface area contributed by atoms with Gasteiger partial charge in [0.15, 0.2) is 0 Å². The third-order valence-electron chi connectivity index (χ3n) is 7.23. The Hall–Kier alpha value is -4.00. The Labute approximate surface area is 229 Å². The molecule has 6 nitrogen and oxygen atoms in total. The number of likely N-dealkylation sites (tertiary alicyclic amines) is 1. The molecule has 2 N–H and O–H groups in total. The van der Waals surface area contributed by atoms with Gasteiger partial charge in [-0.15, -0.1) is 0 Å². The van der Waals surface area contributed by atoms with Crippen molar-refractivity contribution in [3.05, 3.63) is 94.8 Å². The van der Waals surface area contributed by atoms with Crippen LogP contribution in [0.3, 0.4) is 0 Å². The maximum Gasteiger partial charge on any atom is 0.257 e. The van der Waals surface area contributed by atoms with Crippen LogP contribution in [0, 0.1) is 18.7 Å². The molecular weight excluding hydrogens is 493 g/mol. The van der Waals surface area contributed by atoms with Gasteiger partial charge in [-0.3, -0.25) is 14.4 Å². The lowest BCUT2D eigenvalue weighted by Gasteiger charge is -2.41. The number of hydrogen-bond donors (Lipinski definition) is 2. The number of carbonyl (C=O) groups is 3. The standard InChI is InChI=1S/C32H36FN3O3/c1-20-9-6-13-27(33)28(20)31(39)36-18-8-12-26(29(36)22-14-16-24(17-15-22)34-21(2)37)30(38)35-25-11-7-10-23(19-25)32(3,4)5/h6-7,9-11,13-17,19,26,29H,8,12,18H2,1-5H3,(H,34,37)(H,35,38). The second-order valence-electron chi connectivity index (χ2n) is 11.2. The van der Waals surface area contributed by atoms with Crippen LogP contribution >= 0.6 is 0 Å². The highest BCUT2D eigenvalue weighted by Gasteiger charge is 2.40. The lowest BCUT2D eigenvalue weighted by atomic mass is 9.83. The lowest BCUT2D eigenvalue weighted by molar-refractivity contribution is -0.123. The number of carbonyl (C=O) groups excluding carboxylic acids is 3. The Morgan fingerprint density at radius 1 is 0.923 bits per heavy atom. The smallest absolute Gasteiger partial charge is 0.257 e. The summed E-state index contributed by atoms with van der Waals surface area (Å²) in [5, 5.41) is 5.82. The summed E-state index contributed by atoms with van der Waals surface area (Å²) in [7, 11) is 0. The fourth-order valence-corrected chi connectivity index (χ4v) is 5.22. The normalized spacial score (nSPS) is 17.4. The Bertz CT molecular complexity index is 1360. The first kappa shape index (κ1) is 28.0. The molecule has 1 fully saturated rings. The SMILES string of the molecule is CC(=O)Nc1ccc(C2C(C(=O)Nc3cccc(C(C)(C)C)c3)CCCN2C(=O)c2c(C)cccc2F)cc1. The first-order valence-electron chi connectivity index (χ1n) is 13.3. The first-order valence-corrected chi connectivity index (χ1v) is 13.3. The minimum absolute atomic E-state index is 0.0244. The molecule has 1 saturated heterocycles. The highest BCUT2D eigenvalue weighted by molar-refractivity contribution is 5.98. The topological polar surface area (TPSA) is 78.5 Å². The molecule has 1 aliphatic rings. The van der Waals surface area contributed by atoms with Crippen molar-refractivity contribution in [3.8, 4) is 0 Å². The van der Waals surface area contributed by atoms with Crippen LogP contribution in [0.1, 0.15) is 73.6 Å². The van der Waals surface area contributed by atoms with E-state index < -0.39 is 23.7 Å². The van der Waals surface area contributed by atoms with E-state index in [1.807, 2.05) is 36.4 Å². The van der Waals surface area contributed by atoms with E-state index in [1.54, 1.807) is 36.1 Å². The van der Waals surface area contributed by atoms with Gasteiger partial charge in [-0.25, -0.2) is 4.39 Å². The summed E-state index contributed by atoms with van der Waals surface area (Å²) < 4.78 is 14.9. The van der Waals surface area contributed by atoms with Gasteiger partial charge < -0.3 is 15.5 Å². The molecular formula is C32H36FN3O3. The molecule has 0 saturated carbocycles. The minimum Gasteiger partial charge on any atom is -0.331 e. The van der Waals surface area contributed by atoms with Crippen molar-refractivity contribution in [1.29, 1.82) is 0 Å². The molecule has 3 aromatic carbocycles. The Morgan fingerprint density at radius 2 is 1.62 bits per heavy atom. The highest BCUT2D eigenvalue weighted by atomic mass is 19.1. The zero-order valence-electron chi connectivity index (χ0n) is 23.2. The van der Waals surface area contributed by atoms with Crippen LogP contribution in [0.2, 0.25) is 0 Å². The fraction of sp³-hybridized carbons (Fsp3) is 0.344. The third-order valence-corrected chi connectivity index (χ3v) is 7.23. The van der Waals surface area contributed by atoms with Crippen LogP contribution < -0.4 is 10.6 Å². The van der Waals surface area contributed by atoms with Crippen LogP contribution in [0.4, 0.5) is 15.8 Å². The molecule has 39 heavy (non-hydrogen) atoms. The predicted molar refractivity (Wildman–Crippen MR) is 152 cm³/mol. The van der Waals surface area contributed by atoms with Crippen molar-refractivity contribution in [3.63, 3.8) is 0 Å². The molecule has 0 bridgehead atoms. The van der Waals surface area contributed by atoms with Crippen LogP contribution in [-0.2, 0) is 15.0 Å². The summed E-state index contributed by atoms with van der Waals surface area (Å²) in [6.45, 7) is 9.89. The molecule has 3 amide bonds. The van der Waals surface area contributed by atoms with Crippen molar-refractivity contribution in [2.24, 2.45) is 5.92 Å². The average Bonchev–Trinajstić information content (AvgIpc) is 2.88. The summed E-state index contributed by atoms with van der Waals surface area (Å²) in [5.74, 6) is -1.96. The van der Waals surface area contributed by atoms with Crippen molar-refractivity contribution >= 4 is 29.1 Å². The van der Waals surface area contributed by atoms with E-state index in [-0.39, 0.29) is 22.8 Å². The van der Waals surface area contributed by atoms with Gasteiger partial charge in [0, 0.05) is 24.8 Å². The van der Waals surface area contributed by atoms with Gasteiger partial charge in [-0.05, 0) is 72.2 Å². The van der Waals surface area contributed by atoms with Gasteiger partial charge in [0.25, 0.3) is 5.91 Å². The second kappa shape index (κ2) is 11.4. The summed E-state index contributed by atoms with van der Waals surface area (Å²) >= 11 is 0. The van der Waals surface area contributed by atoms with Crippen molar-refractivity contribution in [2.45, 2.75) is 58.9 Å². The van der Waals surface area contributed by atoms with Gasteiger partial charge in [0.05, 0.1) is 17.5 Å². The number of nitrogens with zero attached hydrogens (tertiary/aromatic N) is 1. The van der Waals surface area contributed by atoms with Crippen LogP contribution in [0.25, 0.3) is 0 Å². The molecule has 204 valence electrons. The monoisotopic (exact) mass is 529 g/mol. The van der Waals surface area contributed by atoms with E-state index >= 15 is 0 Å². The minimum atomic E-state index is -0.609. The van der Waals surface area contributed by atoms with E-state index in [9.17, 15) is 18.8 Å². The maximum absolute atomic E-state index is 14.9. The zero-order chi connectivity index (χ0) is 28.3. The predicted octanol–water partition coefficient (Wildman–Crippen LogP) is 6.62. The van der Waals surface area contributed by atoms with Crippen molar-refractivity contribution in [2.75, 3.05) is 17.2 Å². The fourth-order valence-electron chi connectivity index (χ4n) is 5.22. The maximum atomic E-state index is 14.9. The molecule has 3 aromatic rings. The second-order valence-corrected chi connectivity index (χ2v) is 11.2. The van der Waals surface area contributed by atoms with Gasteiger partial charge in [-0.1, -0.05) is 57.2 Å². The lowest BCUT2D eigenvalue weighted by Crippen LogP contribution is -2.46. The average molecular weight is 530 g/mol. The molecule has 0 aliphatic carbocycles. The number of aryl methyl sites for hydroxylation is 1. The molecule has 2 unspecified atom stereocenters. The molecule has 1 aliphatic heterocycles. The van der Waals surface area contributed by atoms with Crippen molar-refractivity contribution in [1.82, 2.24) is 4.90 Å². The Kier molecular flexibility index (Phi) is 8.19. The molecule has 0 radical (unpaired) electrons. The summed E-state index contributed by atoms with van der Waals surface area (Å²) in [4.78, 5) is 40.7. The van der Waals surface area contributed by atoms with E-state index in [4.69, 9.17) is 0 Å². The molecule has 7 heteroatoms. The highest BCUT2D eigenvalue weighted by Crippen LogP contribution is 2.39. The molecule has 1 heterocycles. The number of nitrogens with one attached hydrogen (secondary N) is 2. The Morgan fingerprint density at radius 3 is 2.26 bits per heavy atom. The van der Waals surface area contributed by atoms with Crippen LogP contribution in [-0.4, -0.2) is 29.2 Å². The largest absolute Gasteiger partial charge is 0.331 e. The quantitative estimate of drug-likeness (QED) is 0.390. The van der Waals surface area contributed by atoms with Crippen LogP contribution in [0.5, 0.6) is 0 Å². The number of halogens is 1. The first-order chi connectivity index (χ1) is 18.5. The molecule has 0 spiro atoms. The molecule has 0 aromatic heterocycles. The third kappa shape index (κ3) is 6.36. The van der Waals surface area contributed by atoms with Crippen molar-refractivity contribution < 1.29 is 18.8 Å². The number of anilines is 2. The number of benzene rings is 3. The zero-order valence-corrected chi connectivity index (χ0v) is 23.2. The summed E-state index contributed by atoms with van der Waals surface area (Å²) in [6, 6.07) is 18.9. The van der Waals surface area contributed by atoms with Gasteiger partial charge >= 0.3 is 0 Å². The number of amides is 3. The Balaban J connectivity index is 1.71. The molecule has 2 atom stereocenters. The number of piperidine rings is 1. The number of hydrogen-bond acceptors (Lipinski definition) is 3. The molecule has 4 rings (SSSR count). The van der Waals surface area contributed by atoms with Gasteiger partial charge in [0.1, 0.15) is 5.82 Å². The van der Waals surface area contributed by atoms with E-state index in [0.29, 0.717) is 36.3 Å². The van der Waals surface area contributed by atoms with E-state index in [1.165, 1.54) is 13.0 Å². The van der Waals surface area contributed by atoms with Gasteiger partial charge in [-0.2, -0.15) is 0 Å². The van der Waals surface area contributed by atoms with Crippen LogP contribution in [0.15, 0.2) is 66.7 Å². The summed E-state index contributed by atoms with van der Waals surface area (Å²) in [5.41, 5.74) is 3.65.